The van der Waals surface area contributed by atoms with Gasteiger partial charge in [0.1, 0.15) is 30.4 Å². The van der Waals surface area contributed by atoms with E-state index in [1.54, 1.807) is 0 Å². The number of aryl methyl sites for hydroxylation is 1. The van der Waals surface area contributed by atoms with Crippen LogP contribution >= 0.6 is 11.6 Å². The second-order valence-electron chi connectivity index (χ2n) is 18.3. The third-order valence-corrected chi connectivity index (χ3v) is 15.9. The molecule has 5 aromatic rings. The highest BCUT2D eigenvalue weighted by Crippen LogP contribution is 2.68. The standard InChI is InChI=1S/C44H42ClF10N7O9S2/c1-41(2,72(3,67)68)12-11-24-7-8-25(26-9-10-29(45)34-36(26)61(20-42(48,49)50)59-39(34)62(73(4,69)70)40(66)71-13-5-6-32(64)65)35(56-24)30(16-21-14-22(46)17-23(47)15-21)57-31(63)19-60-38-33(37(58-60)44(53,54)55)27-18-28(27)43(38,51)52/h7-10,14-15,17,27-28,30H,5-6,11-13,16,18-20H2,1-4H3,(H,57,63)(H,64,65)/t27-,28?,30-/m0/s1. The van der Waals surface area contributed by atoms with Crippen LogP contribution in [-0.2, 0) is 72.2 Å². The van der Waals surface area contributed by atoms with Gasteiger partial charge in [-0.15, -0.1) is 0 Å². The van der Waals surface area contributed by atoms with E-state index < -0.39 is 167 Å². The molecule has 0 spiro atoms. The summed E-state index contributed by atoms with van der Waals surface area (Å²) in [6.07, 6.45) is -12.8. The van der Waals surface area contributed by atoms with Crippen LogP contribution in [0.15, 0.2) is 42.5 Å². The predicted molar refractivity (Wildman–Crippen MR) is 240 cm³/mol. The molecule has 1 saturated carbocycles. The van der Waals surface area contributed by atoms with Crippen molar-refractivity contribution in [2.75, 3.05) is 23.4 Å². The lowest BCUT2D eigenvalue weighted by Gasteiger charge is -2.25. The van der Waals surface area contributed by atoms with Gasteiger partial charge in [0, 0.05) is 47.0 Å². The number of alkyl halides is 8. The number of ether oxygens (including phenoxy) is 1. The molecule has 73 heavy (non-hydrogen) atoms. The molecular formula is C44H42ClF10N7O9S2. The Morgan fingerprint density at radius 2 is 1.60 bits per heavy atom. The van der Waals surface area contributed by atoms with Crippen molar-refractivity contribution in [1.82, 2.24) is 29.9 Å². The van der Waals surface area contributed by atoms with Crippen LogP contribution < -0.4 is 9.62 Å². The fourth-order valence-electron chi connectivity index (χ4n) is 8.64. The van der Waals surface area contributed by atoms with E-state index in [1.165, 1.54) is 26.0 Å². The predicted octanol–water partition coefficient (Wildman–Crippen LogP) is 8.64. The molecule has 2 amide bonds. The molecule has 1 unspecified atom stereocenters. The van der Waals surface area contributed by atoms with Gasteiger partial charge >= 0.3 is 24.4 Å². The van der Waals surface area contributed by atoms with Crippen molar-refractivity contribution in [3.05, 3.63) is 93.0 Å². The molecule has 16 nitrogen and oxygen atoms in total. The highest BCUT2D eigenvalue weighted by molar-refractivity contribution is 7.92. The molecule has 2 aliphatic rings. The van der Waals surface area contributed by atoms with Crippen molar-refractivity contribution in [2.24, 2.45) is 5.92 Å². The van der Waals surface area contributed by atoms with Gasteiger partial charge < -0.3 is 15.2 Å². The quantitative estimate of drug-likeness (QED) is 0.0624. The lowest BCUT2D eigenvalue weighted by molar-refractivity contribution is -0.143. The first-order chi connectivity index (χ1) is 33.6. The summed E-state index contributed by atoms with van der Waals surface area (Å²) < 4.78 is 203. The van der Waals surface area contributed by atoms with Crippen LogP contribution in [0.2, 0.25) is 5.02 Å². The Bertz CT molecular complexity index is 3250. The molecule has 2 N–H and O–H groups in total. The minimum absolute atomic E-state index is 0.0299. The van der Waals surface area contributed by atoms with Crippen LogP contribution in [0.4, 0.5) is 54.5 Å². The Labute approximate surface area is 413 Å². The number of carboxylic acid groups (broad SMARTS) is 1. The molecule has 3 atom stereocenters. The smallest absolute Gasteiger partial charge is 0.435 e. The number of nitrogens with zero attached hydrogens (tertiary/aromatic N) is 6. The first-order valence-corrected chi connectivity index (χ1v) is 25.9. The van der Waals surface area contributed by atoms with Gasteiger partial charge in [-0.2, -0.15) is 49.6 Å². The van der Waals surface area contributed by atoms with Crippen LogP contribution in [0.3, 0.4) is 0 Å². The molecular weight excluding hydrogens is 1060 g/mol. The highest BCUT2D eigenvalue weighted by atomic mass is 35.5. The molecule has 0 bridgehead atoms. The van der Waals surface area contributed by atoms with Gasteiger partial charge in [-0.25, -0.2) is 30.4 Å². The van der Waals surface area contributed by atoms with Crippen molar-refractivity contribution >= 4 is 66.2 Å². The van der Waals surface area contributed by atoms with E-state index in [4.69, 9.17) is 21.4 Å². The summed E-state index contributed by atoms with van der Waals surface area (Å²) in [6, 6.07) is 5.02. The van der Waals surface area contributed by atoms with Gasteiger partial charge in [-0.3, -0.25) is 23.9 Å². The number of benzene rings is 2. The monoisotopic (exact) mass is 1100 g/mol. The minimum Gasteiger partial charge on any atom is -0.481 e. The Morgan fingerprint density at radius 1 is 0.959 bits per heavy atom. The zero-order valence-electron chi connectivity index (χ0n) is 38.5. The van der Waals surface area contributed by atoms with Crippen LogP contribution in [0.1, 0.15) is 85.4 Å². The zero-order valence-corrected chi connectivity index (χ0v) is 40.9. The van der Waals surface area contributed by atoms with Crippen molar-refractivity contribution in [2.45, 2.75) is 100 Å². The number of aromatic nitrogens is 5. The summed E-state index contributed by atoms with van der Waals surface area (Å²) >= 11 is 6.60. The third kappa shape index (κ3) is 11.5. The van der Waals surface area contributed by atoms with Gasteiger partial charge in [0.05, 0.1) is 45.3 Å². The molecule has 0 aliphatic heterocycles. The Balaban J connectivity index is 1.45. The Hall–Kier alpha value is -6.03. The number of amides is 2. The third-order valence-electron chi connectivity index (χ3n) is 12.4. The summed E-state index contributed by atoms with van der Waals surface area (Å²) in [7, 11) is -8.65. The lowest BCUT2D eigenvalue weighted by atomic mass is 9.93. The number of pyridine rings is 1. The van der Waals surface area contributed by atoms with E-state index in [2.05, 4.69) is 20.5 Å². The van der Waals surface area contributed by atoms with E-state index in [9.17, 15) is 66.3 Å². The number of fused-ring (bicyclic) bond motifs is 4. The Kier molecular flexibility index (Phi) is 14.5. The second kappa shape index (κ2) is 19.3. The molecule has 29 heteroatoms. The van der Waals surface area contributed by atoms with E-state index in [0.717, 1.165) is 30.5 Å². The number of carboxylic acids is 1. The fourth-order valence-corrected chi connectivity index (χ4v) is 10.1. The normalized spacial score (nSPS) is 17.0. The number of sulfonamides is 1. The summed E-state index contributed by atoms with van der Waals surface area (Å²) in [5, 5.41) is 17.5. The number of hydrogen-bond donors (Lipinski definition) is 2. The molecule has 0 radical (unpaired) electrons. The molecule has 1 fully saturated rings. The summed E-state index contributed by atoms with van der Waals surface area (Å²) in [5.74, 6) is -12.5. The average Bonchev–Trinajstić information content (AvgIpc) is 3.75. The largest absolute Gasteiger partial charge is 0.481 e. The topological polar surface area (TPSA) is 213 Å². The number of carbonyl (C=O) groups excluding carboxylic acids is 2. The van der Waals surface area contributed by atoms with Gasteiger partial charge in [0.15, 0.2) is 21.3 Å². The molecule has 3 heterocycles. The van der Waals surface area contributed by atoms with Gasteiger partial charge in [0.2, 0.25) is 15.9 Å². The number of hydrogen-bond acceptors (Lipinski definition) is 11. The second-order valence-corrected chi connectivity index (χ2v) is 23.1. The zero-order chi connectivity index (χ0) is 54.1. The number of rotatable bonds is 18. The van der Waals surface area contributed by atoms with Gasteiger partial charge in [-0.05, 0) is 81.7 Å². The van der Waals surface area contributed by atoms with E-state index in [0.29, 0.717) is 12.3 Å². The Morgan fingerprint density at radius 3 is 2.19 bits per heavy atom. The number of sulfone groups is 1. The number of halogens is 11. The van der Waals surface area contributed by atoms with Crippen LogP contribution in [0, 0.1) is 17.6 Å². The van der Waals surface area contributed by atoms with Gasteiger partial charge in [-0.1, -0.05) is 23.7 Å². The van der Waals surface area contributed by atoms with Crippen LogP contribution in [0.5, 0.6) is 0 Å². The average molecular weight is 1100 g/mol. The van der Waals surface area contributed by atoms with Gasteiger partial charge in [0.25, 0.3) is 5.92 Å². The summed E-state index contributed by atoms with van der Waals surface area (Å²) in [4.78, 5) is 43.3. The first kappa shape index (κ1) is 54.7. The molecule has 2 aromatic carbocycles. The molecule has 0 saturated heterocycles. The van der Waals surface area contributed by atoms with Crippen LogP contribution in [0.25, 0.3) is 22.0 Å². The maximum atomic E-state index is 15.6. The van der Waals surface area contributed by atoms with Crippen molar-refractivity contribution in [3.63, 3.8) is 0 Å². The maximum absolute atomic E-state index is 15.6. The van der Waals surface area contributed by atoms with E-state index >= 15 is 8.78 Å². The fraction of sp³-hybridized carbons (Fsp3) is 0.455. The van der Waals surface area contributed by atoms with E-state index in [-0.39, 0.29) is 61.7 Å². The van der Waals surface area contributed by atoms with E-state index in [1.807, 2.05) is 0 Å². The molecule has 396 valence electrons. The molecule has 7 rings (SSSR count). The minimum atomic E-state index is -5.22. The number of aliphatic carboxylic acids is 1. The SMILES string of the molecule is CC(C)(CCc1ccc(-c2ccc(Cl)c3c(N(C(=O)OCCCC(=O)O)S(C)(=O)=O)nn(CC(F)(F)F)c23)c([C@H](Cc2cc(F)cc(F)c2)NC(=O)Cn2nc(C(F)(F)F)c3c2C(F)(F)C2C[C@H]32)n1)S(C)(=O)=O. The van der Waals surface area contributed by atoms with Crippen molar-refractivity contribution in [1.29, 1.82) is 0 Å². The number of anilines is 1. The lowest BCUT2D eigenvalue weighted by Crippen LogP contribution is -2.37. The van der Waals surface area contributed by atoms with Crippen molar-refractivity contribution < 1.29 is 85.0 Å². The van der Waals surface area contributed by atoms with Crippen LogP contribution in [-0.4, -0.2) is 94.5 Å². The number of carbonyl (C=O) groups is 3. The van der Waals surface area contributed by atoms with Crippen molar-refractivity contribution in [3.8, 4) is 11.1 Å². The first-order valence-electron chi connectivity index (χ1n) is 21.7. The molecule has 3 aromatic heterocycles. The summed E-state index contributed by atoms with van der Waals surface area (Å²) in [5.41, 5.74) is -5.47. The maximum Gasteiger partial charge on any atom is 0.435 e. The number of nitrogens with one attached hydrogen (secondary N) is 1. The highest BCUT2D eigenvalue weighted by Gasteiger charge is 2.68. The summed E-state index contributed by atoms with van der Waals surface area (Å²) in [6.45, 7) is -1.19. The molecule has 2 aliphatic carbocycles.